The minimum Gasteiger partial charge on any atom is -0.454 e. The number of sulfonamides is 1. The van der Waals surface area contributed by atoms with Crippen LogP contribution in [0.5, 0.6) is 11.5 Å². The SMILES string of the molecule is O=C(NCc1ccc2c(c1)OCO2)c1cc(S(=O)(=O)N2CCc3ccccc32)ccc1Sc1cccc(Cl)c1. The first kappa shape index (κ1) is 25.6. The quantitative estimate of drug-likeness (QED) is 0.294. The lowest BCUT2D eigenvalue weighted by molar-refractivity contribution is 0.0947. The molecule has 0 radical (unpaired) electrons. The lowest BCUT2D eigenvalue weighted by Crippen LogP contribution is -2.30. The predicted molar refractivity (Wildman–Crippen MR) is 150 cm³/mol. The van der Waals surface area contributed by atoms with Gasteiger partial charge in [-0.3, -0.25) is 9.10 Å². The van der Waals surface area contributed by atoms with Gasteiger partial charge in [-0.2, -0.15) is 0 Å². The number of hydrogen-bond acceptors (Lipinski definition) is 6. The lowest BCUT2D eigenvalue weighted by Gasteiger charge is -2.20. The number of para-hydroxylation sites is 1. The molecule has 0 saturated heterocycles. The maximum Gasteiger partial charge on any atom is 0.264 e. The van der Waals surface area contributed by atoms with Gasteiger partial charge in [-0.05, 0) is 72.1 Å². The molecule has 0 bridgehead atoms. The second kappa shape index (κ2) is 10.5. The van der Waals surface area contributed by atoms with Crippen molar-refractivity contribution in [3.63, 3.8) is 0 Å². The Hall–Kier alpha value is -3.66. The van der Waals surface area contributed by atoms with Gasteiger partial charge >= 0.3 is 0 Å². The number of ether oxygens (including phenoxy) is 2. The van der Waals surface area contributed by atoms with Gasteiger partial charge in [-0.1, -0.05) is 53.7 Å². The second-order valence-corrected chi connectivity index (χ2v) is 12.5. The fourth-order valence-electron chi connectivity index (χ4n) is 4.61. The van der Waals surface area contributed by atoms with Crippen LogP contribution in [0.15, 0.2) is 99.6 Å². The topological polar surface area (TPSA) is 84.9 Å². The molecule has 2 heterocycles. The van der Waals surface area contributed by atoms with Crippen LogP contribution in [-0.2, 0) is 23.0 Å². The van der Waals surface area contributed by atoms with Crippen molar-refractivity contribution in [1.82, 2.24) is 5.32 Å². The number of nitrogens with zero attached hydrogens (tertiary/aromatic N) is 1. The maximum absolute atomic E-state index is 13.7. The molecular weight excluding hydrogens is 556 g/mol. The molecule has 0 aromatic heterocycles. The summed E-state index contributed by atoms with van der Waals surface area (Å²) in [5.41, 5.74) is 2.74. The van der Waals surface area contributed by atoms with E-state index in [-0.39, 0.29) is 23.8 Å². The van der Waals surface area contributed by atoms with Crippen LogP contribution in [0.4, 0.5) is 5.69 Å². The Bertz CT molecular complexity index is 1690. The van der Waals surface area contributed by atoms with Crippen molar-refractivity contribution >= 4 is 45.0 Å². The van der Waals surface area contributed by atoms with Crippen molar-refractivity contribution < 1.29 is 22.7 Å². The minimum absolute atomic E-state index is 0.0582. The van der Waals surface area contributed by atoms with Crippen LogP contribution in [0.25, 0.3) is 0 Å². The predicted octanol–water partition coefficient (Wildman–Crippen LogP) is 5.90. The number of hydrogen-bond donors (Lipinski definition) is 1. The number of nitrogens with one attached hydrogen (secondary N) is 1. The Morgan fingerprint density at radius 2 is 1.79 bits per heavy atom. The highest BCUT2D eigenvalue weighted by molar-refractivity contribution is 7.99. The number of amides is 1. The van der Waals surface area contributed by atoms with Gasteiger partial charge in [0.15, 0.2) is 11.5 Å². The maximum atomic E-state index is 13.7. The third-order valence-electron chi connectivity index (χ3n) is 6.54. The minimum atomic E-state index is -3.89. The van der Waals surface area contributed by atoms with Crippen molar-refractivity contribution in [2.24, 2.45) is 0 Å². The molecule has 4 aromatic rings. The van der Waals surface area contributed by atoms with Gasteiger partial charge in [0.05, 0.1) is 16.1 Å². The fraction of sp³-hybridized carbons (Fsp3) is 0.138. The molecule has 0 atom stereocenters. The summed E-state index contributed by atoms with van der Waals surface area (Å²) in [6.45, 7) is 0.748. The Morgan fingerprint density at radius 1 is 0.949 bits per heavy atom. The van der Waals surface area contributed by atoms with Gasteiger partial charge in [0.2, 0.25) is 6.79 Å². The summed E-state index contributed by atoms with van der Waals surface area (Å²) in [6, 6.07) is 24.9. The molecule has 2 aliphatic rings. The third kappa shape index (κ3) is 5.17. The van der Waals surface area contributed by atoms with E-state index in [0.29, 0.717) is 40.1 Å². The van der Waals surface area contributed by atoms with Crippen LogP contribution < -0.4 is 19.1 Å². The Labute approximate surface area is 235 Å². The molecule has 4 aromatic carbocycles. The molecule has 39 heavy (non-hydrogen) atoms. The molecule has 7 nitrogen and oxygen atoms in total. The average Bonchev–Trinajstić information content (AvgIpc) is 3.59. The molecule has 1 N–H and O–H groups in total. The van der Waals surface area contributed by atoms with E-state index in [1.807, 2.05) is 48.5 Å². The molecular formula is C29H23ClN2O5S2. The Kier molecular flexibility index (Phi) is 6.88. The van der Waals surface area contributed by atoms with Crippen LogP contribution in [-0.4, -0.2) is 27.7 Å². The highest BCUT2D eigenvalue weighted by Gasteiger charge is 2.31. The van der Waals surface area contributed by atoms with E-state index < -0.39 is 15.9 Å². The smallest absolute Gasteiger partial charge is 0.264 e. The van der Waals surface area contributed by atoms with Crippen LogP contribution in [0.1, 0.15) is 21.5 Å². The zero-order valence-corrected chi connectivity index (χ0v) is 23.0. The number of fused-ring (bicyclic) bond motifs is 2. The van der Waals surface area contributed by atoms with E-state index in [0.717, 1.165) is 16.0 Å². The normalized spacial score (nSPS) is 13.8. The Morgan fingerprint density at radius 3 is 2.67 bits per heavy atom. The number of anilines is 1. The summed E-state index contributed by atoms with van der Waals surface area (Å²) in [5.74, 6) is 0.890. The number of benzene rings is 4. The van der Waals surface area contributed by atoms with E-state index in [1.54, 1.807) is 30.3 Å². The average molecular weight is 579 g/mol. The van der Waals surface area contributed by atoms with Gasteiger partial charge in [-0.25, -0.2) is 8.42 Å². The largest absolute Gasteiger partial charge is 0.454 e. The zero-order valence-electron chi connectivity index (χ0n) is 20.6. The number of carbonyl (C=O) groups excluding carboxylic acids is 1. The monoisotopic (exact) mass is 578 g/mol. The van der Waals surface area contributed by atoms with Crippen molar-refractivity contribution in [2.75, 3.05) is 17.6 Å². The third-order valence-corrected chi connectivity index (χ3v) is 9.65. The summed E-state index contributed by atoms with van der Waals surface area (Å²) >= 11 is 7.52. The fourth-order valence-corrected chi connectivity index (χ4v) is 7.38. The van der Waals surface area contributed by atoms with Gasteiger partial charge in [-0.15, -0.1) is 0 Å². The molecule has 0 fully saturated rings. The number of halogens is 1. The van der Waals surface area contributed by atoms with Gasteiger partial charge in [0.1, 0.15) is 0 Å². The van der Waals surface area contributed by atoms with Crippen LogP contribution in [0.2, 0.25) is 5.02 Å². The zero-order chi connectivity index (χ0) is 27.0. The van der Waals surface area contributed by atoms with E-state index in [1.165, 1.54) is 22.1 Å². The lowest BCUT2D eigenvalue weighted by atomic mass is 10.1. The summed E-state index contributed by atoms with van der Waals surface area (Å²) in [7, 11) is -3.89. The van der Waals surface area contributed by atoms with Gasteiger partial charge < -0.3 is 14.8 Å². The van der Waals surface area contributed by atoms with Crippen LogP contribution in [0.3, 0.4) is 0 Å². The highest BCUT2D eigenvalue weighted by atomic mass is 35.5. The van der Waals surface area contributed by atoms with Crippen molar-refractivity contribution in [1.29, 1.82) is 0 Å². The van der Waals surface area contributed by atoms with Gasteiger partial charge in [0.25, 0.3) is 15.9 Å². The summed E-state index contributed by atoms with van der Waals surface area (Å²) < 4.78 is 39.6. The molecule has 6 rings (SSSR count). The standard InChI is InChI=1S/C29H23ClN2O5S2/c30-21-5-3-6-22(15-21)38-28-11-9-23(39(34,35)32-13-12-20-4-1-2-7-25(20)32)16-24(28)29(33)31-17-19-8-10-26-27(14-19)37-18-36-26/h1-11,14-16H,12-13,17-18H2,(H,31,33). The first-order valence-corrected chi connectivity index (χ1v) is 14.9. The Balaban J connectivity index is 1.32. The van der Waals surface area contributed by atoms with Crippen LogP contribution in [0, 0.1) is 0 Å². The molecule has 198 valence electrons. The molecule has 0 aliphatic carbocycles. The first-order valence-electron chi connectivity index (χ1n) is 12.2. The first-order chi connectivity index (χ1) is 18.9. The van der Waals surface area contributed by atoms with E-state index in [2.05, 4.69) is 5.32 Å². The molecule has 0 unspecified atom stereocenters. The molecule has 1 amide bonds. The van der Waals surface area contributed by atoms with Crippen molar-refractivity contribution in [3.8, 4) is 11.5 Å². The molecule has 2 aliphatic heterocycles. The summed E-state index contributed by atoms with van der Waals surface area (Å²) in [6.07, 6.45) is 0.640. The van der Waals surface area contributed by atoms with Crippen molar-refractivity contribution in [3.05, 3.63) is 107 Å². The van der Waals surface area contributed by atoms with Crippen LogP contribution >= 0.6 is 23.4 Å². The van der Waals surface area contributed by atoms with E-state index in [9.17, 15) is 13.2 Å². The number of rotatable bonds is 7. The second-order valence-electron chi connectivity index (χ2n) is 9.04. The number of carbonyl (C=O) groups is 1. The van der Waals surface area contributed by atoms with E-state index in [4.69, 9.17) is 21.1 Å². The van der Waals surface area contributed by atoms with Gasteiger partial charge in [0, 0.05) is 27.9 Å². The summed E-state index contributed by atoms with van der Waals surface area (Å²) in [5, 5.41) is 3.49. The van der Waals surface area contributed by atoms with Crippen molar-refractivity contribution in [2.45, 2.75) is 27.7 Å². The molecule has 0 spiro atoms. The molecule has 0 saturated carbocycles. The summed E-state index contributed by atoms with van der Waals surface area (Å²) in [4.78, 5) is 15.0. The molecule has 10 heteroatoms. The van der Waals surface area contributed by atoms with E-state index >= 15 is 0 Å². The highest BCUT2D eigenvalue weighted by Crippen LogP contribution is 2.37.